The van der Waals surface area contributed by atoms with E-state index in [1.807, 2.05) is 17.9 Å². The third-order valence-electron chi connectivity index (χ3n) is 6.38. The van der Waals surface area contributed by atoms with Crippen LogP contribution in [-0.2, 0) is 11.8 Å². The Kier molecular flexibility index (Phi) is 6.57. The lowest BCUT2D eigenvalue weighted by Gasteiger charge is -2.32. The summed E-state index contributed by atoms with van der Waals surface area (Å²) in [5.41, 5.74) is 2.36. The fourth-order valence-electron chi connectivity index (χ4n) is 4.42. The van der Waals surface area contributed by atoms with Crippen LogP contribution in [0.15, 0.2) is 30.6 Å². The van der Waals surface area contributed by atoms with Gasteiger partial charge in [-0.25, -0.2) is 0 Å². The summed E-state index contributed by atoms with van der Waals surface area (Å²) in [5, 5.41) is 6.95. The number of benzene rings is 1. The van der Waals surface area contributed by atoms with Crippen molar-refractivity contribution in [3.05, 3.63) is 52.8 Å². The highest BCUT2D eigenvalue weighted by Crippen LogP contribution is 2.24. The molecule has 4 amide bonds. The van der Waals surface area contributed by atoms with E-state index in [4.69, 9.17) is 0 Å². The van der Waals surface area contributed by atoms with Crippen molar-refractivity contribution in [2.24, 2.45) is 13.0 Å². The summed E-state index contributed by atoms with van der Waals surface area (Å²) >= 11 is 0. The first kappa shape index (κ1) is 22.7. The van der Waals surface area contributed by atoms with E-state index < -0.39 is 0 Å². The lowest BCUT2D eigenvalue weighted by Crippen LogP contribution is -2.41. The van der Waals surface area contributed by atoms with Gasteiger partial charge in [-0.1, -0.05) is 11.6 Å². The number of aryl methyl sites for hydroxylation is 2. The molecule has 0 bridgehead atoms. The number of piperidine rings is 1. The van der Waals surface area contributed by atoms with Gasteiger partial charge in [-0.2, -0.15) is 5.10 Å². The van der Waals surface area contributed by atoms with E-state index in [1.165, 1.54) is 4.90 Å². The van der Waals surface area contributed by atoms with Gasteiger partial charge in [-0.05, 0) is 44.2 Å². The van der Waals surface area contributed by atoms with E-state index in [2.05, 4.69) is 10.4 Å². The molecule has 0 spiro atoms. The number of nitrogens with one attached hydrogen (secondary N) is 1. The van der Waals surface area contributed by atoms with Crippen LogP contribution < -0.4 is 5.32 Å². The number of imide groups is 1. The molecule has 0 saturated carbocycles. The quantitative estimate of drug-likeness (QED) is 0.646. The molecular weight excluding hydrogens is 422 g/mol. The maximum absolute atomic E-state index is 12.6. The second kappa shape index (κ2) is 9.56. The molecule has 0 radical (unpaired) electrons. The van der Waals surface area contributed by atoms with Gasteiger partial charge in [0.25, 0.3) is 17.7 Å². The molecule has 1 aromatic heterocycles. The Morgan fingerprint density at radius 1 is 1.12 bits per heavy atom. The van der Waals surface area contributed by atoms with E-state index in [0.717, 1.165) is 18.4 Å². The Labute approximate surface area is 192 Å². The van der Waals surface area contributed by atoms with Crippen molar-refractivity contribution in [1.29, 1.82) is 0 Å². The van der Waals surface area contributed by atoms with Crippen LogP contribution in [0.5, 0.6) is 0 Å². The van der Waals surface area contributed by atoms with Crippen LogP contribution in [0.1, 0.15) is 62.3 Å². The minimum absolute atomic E-state index is 0.0419. The normalized spacial score (nSPS) is 16.3. The molecule has 1 saturated heterocycles. The molecule has 4 rings (SSSR count). The third kappa shape index (κ3) is 4.97. The van der Waals surface area contributed by atoms with Gasteiger partial charge in [0, 0.05) is 45.8 Å². The fraction of sp³-hybridized carbons (Fsp3) is 0.458. The summed E-state index contributed by atoms with van der Waals surface area (Å²) in [4.78, 5) is 52.9. The van der Waals surface area contributed by atoms with Crippen LogP contribution in [0.25, 0.3) is 0 Å². The molecule has 1 fully saturated rings. The van der Waals surface area contributed by atoms with Crippen molar-refractivity contribution in [2.75, 3.05) is 26.2 Å². The first-order valence-electron chi connectivity index (χ1n) is 11.3. The number of carbonyl (C=O) groups is 4. The lowest BCUT2D eigenvalue weighted by molar-refractivity contribution is -0.132. The fourth-order valence-corrected chi connectivity index (χ4v) is 4.42. The van der Waals surface area contributed by atoms with Crippen LogP contribution in [0.4, 0.5) is 0 Å². The van der Waals surface area contributed by atoms with Gasteiger partial charge >= 0.3 is 0 Å². The van der Waals surface area contributed by atoms with Gasteiger partial charge in [-0.15, -0.1) is 0 Å². The third-order valence-corrected chi connectivity index (χ3v) is 6.38. The van der Waals surface area contributed by atoms with Crippen molar-refractivity contribution >= 4 is 23.6 Å². The zero-order valence-electron chi connectivity index (χ0n) is 19.0. The van der Waals surface area contributed by atoms with Gasteiger partial charge in [-0.3, -0.25) is 28.8 Å². The largest absolute Gasteiger partial charge is 0.352 e. The molecule has 0 aliphatic carbocycles. The molecule has 2 aliphatic rings. The van der Waals surface area contributed by atoms with E-state index in [-0.39, 0.29) is 30.2 Å². The summed E-state index contributed by atoms with van der Waals surface area (Å²) in [6.45, 7) is 4.01. The van der Waals surface area contributed by atoms with Crippen LogP contribution >= 0.6 is 0 Å². The second-order valence-corrected chi connectivity index (χ2v) is 8.85. The number of aromatic nitrogens is 2. The average molecular weight is 452 g/mol. The Hall–Kier alpha value is -3.49. The predicted molar refractivity (Wildman–Crippen MR) is 121 cm³/mol. The smallest absolute Gasteiger partial charge is 0.261 e. The highest BCUT2D eigenvalue weighted by Gasteiger charge is 2.35. The molecule has 1 N–H and O–H groups in total. The molecule has 33 heavy (non-hydrogen) atoms. The van der Waals surface area contributed by atoms with E-state index in [0.29, 0.717) is 55.1 Å². The van der Waals surface area contributed by atoms with Gasteiger partial charge < -0.3 is 10.2 Å². The number of amides is 4. The standard InChI is InChI=1S/C24H29N5O4/c1-16-5-6-19-20(12-16)24(33)29(23(19)32)9-3-4-21(30)28-10-7-17(8-11-28)13-25-22(31)18-14-26-27(2)15-18/h5-6,12,14-15,17H,3-4,7-11,13H2,1-2H3,(H,25,31). The predicted octanol–water partition coefficient (Wildman–Crippen LogP) is 1.77. The Morgan fingerprint density at radius 2 is 1.85 bits per heavy atom. The summed E-state index contributed by atoms with van der Waals surface area (Å²) in [5.74, 6) is -0.321. The van der Waals surface area contributed by atoms with Crippen molar-refractivity contribution < 1.29 is 19.2 Å². The minimum atomic E-state index is -0.281. The zero-order chi connectivity index (χ0) is 23.5. The van der Waals surface area contributed by atoms with Crippen molar-refractivity contribution in [2.45, 2.75) is 32.6 Å². The van der Waals surface area contributed by atoms with Crippen molar-refractivity contribution in [3.8, 4) is 0 Å². The molecule has 9 heteroatoms. The molecule has 2 aliphatic heterocycles. The Morgan fingerprint density at radius 3 is 2.55 bits per heavy atom. The van der Waals surface area contributed by atoms with Crippen molar-refractivity contribution in [1.82, 2.24) is 24.9 Å². The van der Waals surface area contributed by atoms with Crippen LogP contribution in [0, 0.1) is 12.8 Å². The average Bonchev–Trinajstić information content (AvgIpc) is 3.34. The highest BCUT2D eigenvalue weighted by molar-refractivity contribution is 6.21. The van der Waals surface area contributed by atoms with Gasteiger partial charge in [0.05, 0.1) is 22.9 Å². The Balaban J connectivity index is 1.17. The van der Waals surface area contributed by atoms with Crippen molar-refractivity contribution in [3.63, 3.8) is 0 Å². The summed E-state index contributed by atoms with van der Waals surface area (Å²) in [6, 6.07) is 5.26. The van der Waals surface area contributed by atoms with Gasteiger partial charge in [0.2, 0.25) is 5.91 Å². The SMILES string of the molecule is Cc1ccc2c(c1)C(=O)N(CCCC(=O)N1CCC(CNC(=O)c3cnn(C)c3)CC1)C2=O. The number of fused-ring (bicyclic) bond motifs is 1. The van der Waals surface area contributed by atoms with E-state index in [1.54, 1.807) is 36.3 Å². The van der Waals surface area contributed by atoms with E-state index >= 15 is 0 Å². The maximum Gasteiger partial charge on any atom is 0.261 e. The Bertz CT molecular complexity index is 1080. The zero-order valence-corrected chi connectivity index (χ0v) is 19.0. The molecule has 3 heterocycles. The minimum Gasteiger partial charge on any atom is -0.352 e. The molecule has 0 unspecified atom stereocenters. The maximum atomic E-state index is 12.6. The van der Waals surface area contributed by atoms with Gasteiger partial charge in [0.1, 0.15) is 0 Å². The lowest BCUT2D eigenvalue weighted by atomic mass is 9.96. The highest BCUT2D eigenvalue weighted by atomic mass is 16.2. The van der Waals surface area contributed by atoms with Crippen LogP contribution in [0.2, 0.25) is 0 Å². The molecular formula is C24H29N5O4. The second-order valence-electron chi connectivity index (χ2n) is 8.85. The molecule has 9 nitrogen and oxygen atoms in total. The first-order chi connectivity index (χ1) is 15.8. The number of likely N-dealkylation sites (tertiary alicyclic amines) is 1. The van der Waals surface area contributed by atoms with Crippen LogP contribution in [-0.4, -0.2) is 69.4 Å². The number of hydrogen-bond donors (Lipinski definition) is 1. The molecule has 174 valence electrons. The summed E-state index contributed by atoms with van der Waals surface area (Å²) in [6.07, 6.45) is 5.63. The number of rotatable bonds is 7. The number of nitrogens with zero attached hydrogens (tertiary/aromatic N) is 4. The number of hydrogen-bond acceptors (Lipinski definition) is 5. The monoisotopic (exact) mass is 451 g/mol. The van der Waals surface area contributed by atoms with Gasteiger partial charge in [0.15, 0.2) is 0 Å². The topological polar surface area (TPSA) is 105 Å². The molecule has 1 aromatic carbocycles. The summed E-state index contributed by atoms with van der Waals surface area (Å²) in [7, 11) is 1.77. The first-order valence-corrected chi connectivity index (χ1v) is 11.3. The number of carbonyl (C=O) groups excluding carboxylic acids is 4. The summed E-state index contributed by atoms with van der Waals surface area (Å²) < 4.78 is 1.59. The molecule has 0 atom stereocenters. The molecule has 2 aromatic rings. The van der Waals surface area contributed by atoms with E-state index in [9.17, 15) is 19.2 Å². The van der Waals surface area contributed by atoms with Crippen LogP contribution in [0.3, 0.4) is 0 Å².